The van der Waals surface area contributed by atoms with Gasteiger partial charge in [-0.25, -0.2) is 4.98 Å². The summed E-state index contributed by atoms with van der Waals surface area (Å²) in [5, 5.41) is 0. The topological polar surface area (TPSA) is 33.2 Å². The van der Waals surface area contributed by atoms with E-state index in [4.69, 9.17) is 0 Å². The van der Waals surface area contributed by atoms with E-state index in [0.29, 0.717) is 12.3 Å². The summed E-state index contributed by atoms with van der Waals surface area (Å²) in [5.74, 6) is 1.41. The Morgan fingerprint density at radius 1 is 1.40 bits per heavy atom. The third kappa shape index (κ3) is 2.78. The van der Waals surface area contributed by atoms with Gasteiger partial charge in [0, 0.05) is 19.2 Å². The Kier molecular flexibility index (Phi) is 4.28. The first kappa shape index (κ1) is 11.7. The van der Waals surface area contributed by atoms with Crippen molar-refractivity contribution in [2.24, 2.45) is 5.92 Å². The van der Waals surface area contributed by atoms with Gasteiger partial charge in [-0.15, -0.1) is 0 Å². The molecule has 0 aliphatic carbocycles. The van der Waals surface area contributed by atoms with Gasteiger partial charge in [-0.05, 0) is 18.1 Å². The van der Waals surface area contributed by atoms with E-state index in [1.54, 1.807) is 11.1 Å². The molecule has 1 aliphatic rings. The lowest BCUT2D eigenvalue weighted by Crippen LogP contribution is -2.25. The first-order chi connectivity index (χ1) is 7.27. The van der Waals surface area contributed by atoms with Crippen LogP contribution in [0.4, 0.5) is 5.82 Å². The average molecular weight is 206 g/mol. The van der Waals surface area contributed by atoms with Crippen LogP contribution in [0, 0.1) is 5.92 Å². The van der Waals surface area contributed by atoms with E-state index in [1.807, 2.05) is 32.0 Å². The molecule has 3 nitrogen and oxygen atoms in total. The summed E-state index contributed by atoms with van der Waals surface area (Å²) in [6.45, 7) is 6.89. The zero-order valence-electron chi connectivity index (χ0n) is 9.60. The van der Waals surface area contributed by atoms with E-state index >= 15 is 0 Å². The number of nitrogens with zero attached hydrogens (tertiary/aromatic N) is 2. The normalized spacial score (nSPS) is 19.8. The molecule has 0 N–H and O–H groups in total. The fourth-order valence-corrected chi connectivity index (χ4v) is 1.62. The molecule has 0 bridgehead atoms. The average Bonchev–Trinajstić information content (AvgIpc) is 2.62. The number of anilines is 1. The highest BCUT2D eigenvalue weighted by molar-refractivity contribution is 5.94. The zero-order chi connectivity index (χ0) is 11.3. The SMILES string of the molecule is CC.CC1CC(=O)N(c2ccccn2)C1. The number of carbonyl (C=O) groups excluding carboxylic acids is 1. The minimum atomic E-state index is 0.186. The third-order valence-corrected chi connectivity index (χ3v) is 2.24. The Labute approximate surface area is 91.1 Å². The lowest BCUT2D eigenvalue weighted by Gasteiger charge is -2.13. The molecule has 82 valence electrons. The molecule has 1 amide bonds. The van der Waals surface area contributed by atoms with E-state index in [0.717, 1.165) is 12.4 Å². The maximum Gasteiger partial charge on any atom is 0.228 e. The lowest BCUT2D eigenvalue weighted by molar-refractivity contribution is -0.117. The fraction of sp³-hybridized carbons (Fsp3) is 0.500. The van der Waals surface area contributed by atoms with Crippen LogP contribution in [-0.4, -0.2) is 17.4 Å². The molecule has 3 heteroatoms. The van der Waals surface area contributed by atoms with Gasteiger partial charge >= 0.3 is 0 Å². The standard InChI is InChI=1S/C10H12N2O.C2H6/c1-8-6-10(13)12(7-8)9-4-2-3-5-11-9;1-2/h2-5,8H,6-7H2,1H3;1-2H3. The van der Waals surface area contributed by atoms with Crippen molar-refractivity contribution >= 4 is 11.7 Å². The fourth-order valence-electron chi connectivity index (χ4n) is 1.62. The van der Waals surface area contributed by atoms with Gasteiger partial charge in [-0.1, -0.05) is 26.8 Å². The molecule has 1 aromatic heterocycles. The number of pyridine rings is 1. The van der Waals surface area contributed by atoms with Crippen LogP contribution in [0.15, 0.2) is 24.4 Å². The summed E-state index contributed by atoms with van der Waals surface area (Å²) in [7, 11) is 0. The zero-order valence-corrected chi connectivity index (χ0v) is 9.60. The highest BCUT2D eigenvalue weighted by atomic mass is 16.2. The highest BCUT2D eigenvalue weighted by Gasteiger charge is 2.27. The summed E-state index contributed by atoms with van der Waals surface area (Å²) >= 11 is 0. The summed E-state index contributed by atoms with van der Waals surface area (Å²) in [4.78, 5) is 17.4. The van der Waals surface area contributed by atoms with Crippen LogP contribution in [0.1, 0.15) is 27.2 Å². The van der Waals surface area contributed by atoms with Crippen molar-refractivity contribution in [3.05, 3.63) is 24.4 Å². The Balaban J connectivity index is 0.000000531. The van der Waals surface area contributed by atoms with E-state index in [2.05, 4.69) is 11.9 Å². The van der Waals surface area contributed by atoms with Gasteiger partial charge in [0.15, 0.2) is 0 Å². The summed E-state index contributed by atoms with van der Waals surface area (Å²) < 4.78 is 0. The van der Waals surface area contributed by atoms with Crippen LogP contribution >= 0.6 is 0 Å². The first-order valence-corrected chi connectivity index (χ1v) is 5.49. The van der Waals surface area contributed by atoms with E-state index < -0.39 is 0 Å². The van der Waals surface area contributed by atoms with Crippen molar-refractivity contribution in [1.82, 2.24) is 4.98 Å². The minimum Gasteiger partial charge on any atom is -0.297 e. The van der Waals surface area contributed by atoms with Crippen molar-refractivity contribution in [1.29, 1.82) is 0 Å². The molecule has 0 spiro atoms. The van der Waals surface area contributed by atoms with Crippen LogP contribution < -0.4 is 4.90 Å². The molecular weight excluding hydrogens is 188 g/mol. The quantitative estimate of drug-likeness (QED) is 0.707. The van der Waals surface area contributed by atoms with Crippen molar-refractivity contribution in [3.8, 4) is 0 Å². The molecule has 1 atom stereocenters. The van der Waals surface area contributed by atoms with E-state index in [9.17, 15) is 4.79 Å². The lowest BCUT2D eigenvalue weighted by atomic mass is 10.2. The summed E-state index contributed by atoms with van der Waals surface area (Å²) in [6.07, 6.45) is 2.36. The monoisotopic (exact) mass is 206 g/mol. The van der Waals surface area contributed by atoms with Gasteiger partial charge in [0.25, 0.3) is 0 Å². The van der Waals surface area contributed by atoms with Gasteiger partial charge in [-0.3, -0.25) is 9.69 Å². The Morgan fingerprint density at radius 3 is 2.60 bits per heavy atom. The predicted octanol–water partition coefficient (Wildman–Crippen LogP) is 2.48. The van der Waals surface area contributed by atoms with Crippen LogP contribution in [0.2, 0.25) is 0 Å². The molecule has 15 heavy (non-hydrogen) atoms. The highest BCUT2D eigenvalue weighted by Crippen LogP contribution is 2.21. The molecular formula is C12H18N2O. The molecule has 1 unspecified atom stereocenters. The van der Waals surface area contributed by atoms with Crippen molar-refractivity contribution in [3.63, 3.8) is 0 Å². The second-order valence-electron chi connectivity index (χ2n) is 3.50. The number of rotatable bonds is 1. The molecule has 0 aromatic carbocycles. The van der Waals surface area contributed by atoms with E-state index in [-0.39, 0.29) is 5.91 Å². The van der Waals surface area contributed by atoms with Gasteiger partial charge in [0.2, 0.25) is 5.91 Å². The van der Waals surface area contributed by atoms with Crippen LogP contribution in [0.3, 0.4) is 0 Å². The molecule has 1 aromatic rings. The number of carbonyl (C=O) groups is 1. The Morgan fingerprint density at radius 2 is 2.13 bits per heavy atom. The molecule has 1 fully saturated rings. The number of amides is 1. The molecule has 2 heterocycles. The Hall–Kier alpha value is -1.38. The van der Waals surface area contributed by atoms with Crippen molar-refractivity contribution in [2.75, 3.05) is 11.4 Å². The maximum absolute atomic E-state index is 11.5. The number of hydrogen-bond acceptors (Lipinski definition) is 2. The first-order valence-electron chi connectivity index (χ1n) is 5.49. The molecule has 1 aliphatic heterocycles. The second-order valence-corrected chi connectivity index (χ2v) is 3.50. The van der Waals surface area contributed by atoms with Crippen molar-refractivity contribution in [2.45, 2.75) is 27.2 Å². The molecule has 0 saturated carbocycles. The van der Waals surface area contributed by atoms with Crippen LogP contribution in [0.25, 0.3) is 0 Å². The maximum atomic E-state index is 11.5. The number of hydrogen-bond donors (Lipinski definition) is 0. The smallest absolute Gasteiger partial charge is 0.228 e. The van der Waals surface area contributed by atoms with Gasteiger partial charge in [0.1, 0.15) is 5.82 Å². The van der Waals surface area contributed by atoms with Gasteiger partial charge in [0.05, 0.1) is 0 Å². The van der Waals surface area contributed by atoms with Crippen LogP contribution in [-0.2, 0) is 4.79 Å². The summed E-state index contributed by atoms with van der Waals surface area (Å²) in [5.41, 5.74) is 0. The van der Waals surface area contributed by atoms with Gasteiger partial charge in [-0.2, -0.15) is 0 Å². The predicted molar refractivity (Wildman–Crippen MR) is 61.7 cm³/mol. The molecule has 0 radical (unpaired) electrons. The molecule has 2 rings (SSSR count). The number of aromatic nitrogens is 1. The third-order valence-electron chi connectivity index (χ3n) is 2.24. The minimum absolute atomic E-state index is 0.186. The van der Waals surface area contributed by atoms with E-state index in [1.165, 1.54) is 0 Å². The summed E-state index contributed by atoms with van der Waals surface area (Å²) in [6, 6.07) is 5.63. The Bertz CT molecular complexity index is 311. The molecule has 1 saturated heterocycles. The van der Waals surface area contributed by atoms with Gasteiger partial charge < -0.3 is 0 Å². The van der Waals surface area contributed by atoms with Crippen LogP contribution in [0.5, 0.6) is 0 Å². The largest absolute Gasteiger partial charge is 0.297 e. The van der Waals surface area contributed by atoms with Crippen molar-refractivity contribution < 1.29 is 4.79 Å². The second kappa shape index (κ2) is 5.49.